The largest absolute Gasteiger partial charge is 0.494 e. The third-order valence-corrected chi connectivity index (χ3v) is 4.89. The molecule has 2 N–H and O–H groups in total. The molecule has 1 aliphatic heterocycles. The van der Waals surface area contributed by atoms with Crippen molar-refractivity contribution in [1.82, 2.24) is 10.2 Å². The summed E-state index contributed by atoms with van der Waals surface area (Å²) >= 11 is 5.49. The Labute approximate surface area is 161 Å². The molecule has 1 saturated heterocycles. The minimum Gasteiger partial charge on any atom is -0.494 e. The molecule has 0 radical (unpaired) electrons. The second-order valence-electron chi connectivity index (χ2n) is 6.46. The number of ether oxygens (including phenoxy) is 1. The molecule has 5 heteroatoms. The lowest BCUT2D eigenvalue weighted by Crippen LogP contribution is -2.38. The van der Waals surface area contributed by atoms with Crippen LogP contribution < -0.4 is 15.4 Å². The highest BCUT2D eigenvalue weighted by molar-refractivity contribution is 7.80. The molecule has 0 bridgehead atoms. The molecule has 2 aromatic carbocycles. The molecule has 3 rings (SSSR count). The van der Waals surface area contributed by atoms with Crippen LogP contribution in [-0.2, 0) is 0 Å². The van der Waals surface area contributed by atoms with Crippen LogP contribution in [0.3, 0.4) is 0 Å². The van der Waals surface area contributed by atoms with E-state index in [1.165, 1.54) is 18.4 Å². The van der Waals surface area contributed by atoms with Crippen LogP contribution in [-0.4, -0.2) is 36.3 Å². The van der Waals surface area contributed by atoms with Gasteiger partial charge in [0, 0.05) is 12.2 Å². The highest BCUT2D eigenvalue weighted by Crippen LogP contribution is 2.24. The van der Waals surface area contributed by atoms with E-state index in [-0.39, 0.29) is 0 Å². The first-order valence-electron chi connectivity index (χ1n) is 9.33. The zero-order chi connectivity index (χ0) is 18.2. The summed E-state index contributed by atoms with van der Waals surface area (Å²) in [7, 11) is 0. The van der Waals surface area contributed by atoms with Crippen molar-refractivity contribution in [2.24, 2.45) is 0 Å². The van der Waals surface area contributed by atoms with Crippen LogP contribution in [0.25, 0.3) is 0 Å². The second-order valence-corrected chi connectivity index (χ2v) is 6.87. The Morgan fingerprint density at radius 1 is 1.08 bits per heavy atom. The maximum atomic E-state index is 5.49. The quantitative estimate of drug-likeness (QED) is 0.715. The van der Waals surface area contributed by atoms with Gasteiger partial charge in [-0.1, -0.05) is 30.3 Å². The lowest BCUT2D eigenvalue weighted by molar-refractivity contribution is 0.246. The van der Waals surface area contributed by atoms with E-state index >= 15 is 0 Å². The summed E-state index contributed by atoms with van der Waals surface area (Å²) in [4.78, 5) is 2.54. The van der Waals surface area contributed by atoms with Crippen LogP contribution in [0.4, 0.5) is 5.69 Å². The molecule has 1 aliphatic rings. The van der Waals surface area contributed by atoms with Gasteiger partial charge < -0.3 is 15.4 Å². The molecule has 2 aromatic rings. The average Bonchev–Trinajstić information content (AvgIpc) is 3.19. The molecule has 0 spiro atoms. The molecule has 4 nitrogen and oxygen atoms in total. The fourth-order valence-electron chi connectivity index (χ4n) is 3.35. The van der Waals surface area contributed by atoms with Crippen LogP contribution >= 0.6 is 12.2 Å². The fourth-order valence-corrected chi connectivity index (χ4v) is 3.55. The van der Waals surface area contributed by atoms with E-state index in [2.05, 4.69) is 45.9 Å². The summed E-state index contributed by atoms with van der Waals surface area (Å²) < 4.78 is 5.47. The summed E-state index contributed by atoms with van der Waals surface area (Å²) in [6.07, 6.45) is 2.55. The van der Waals surface area contributed by atoms with Crippen LogP contribution in [0, 0.1) is 0 Å². The highest BCUT2D eigenvalue weighted by Gasteiger charge is 2.23. The van der Waals surface area contributed by atoms with Gasteiger partial charge in [-0.15, -0.1) is 0 Å². The van der Waals surface area contributed by atoms with E-state index < -0.39 is 0 Å². The third kappa shape index (κ3) is 5.19. The Morgan fingerprint density at radius 2 is 1.77 bits per heavy atom. The van der Waals surface area contributed by atoms with Gasteiger partial charge in [0.25, 0.3) is 0 Å². The lowest BCUT2D eigenvalue weighted by Gasteiger charge is -2.28. The summed E-state index contributed by atoms with van der Waals surface area (Å²) in [6.45, 7) is 5.76. The number of thiocarbonyl (C=S) groups is 1. The molecule has 0 amide bonds. The van der Waals surface area contributed by atoms with Gasteiger partial charge in [0.05, 0.1) is 12.6 Å². The minimum atomic E-state index is 0.346. The van der Waals surface area contributed by atoms with E-state index in [0.29, 0.717) is 17.8 Å². The van der Waals surface area contributed by atoms with Gasteiger partial charge in [0.2, 0.25) is 0 Å². The number of hydrogen-bond acceptors (Lipinski definition) is 3. The smallest absolute Gasteiger partial charge is 0.170 e. The Morgan fingerprint density at radius 3 is 2.42 bits per heavy atom. The first-order chi connectivity index (χ1) is 12.8. The standard InChI is InChI=1S/C21H27N3OS/c1-2-25-19-12-10-18(11-13-19)23-21(26)22-16-20(24-14-6-7-15-24)17-8-4-3-5-9-17/h3-5,8-13,20H,2,6-7,14-16H2,1H3,(H2,22,23,26)/t20-/m0/s1. The van der Waals surface area contributed by atoms with Gasteiger partial charge in [0.15, 0.2) is 5.11 Å². The number of nitrogens with zero attached hydrogens (tertiary/aromatic N) is 1. The van der Waals surface area contributed by atoms with Gasteiger partial charge in [0.1, 0.15) is 5.75 Å². The molecular weight excluding hydrogens is 342 g/mol. The molecule has 0 aliphatic carbocycles. The number of likely N-dealkylation sites (tertiary alicyclic amines) is 1. The Balaban J connectivity index is 1.57. The van der Waals surface area contributed by atoms with Crippen LogP contribution in [0.15, 0.2) is 54.6 Å². The maximum absolute atomic E-state index is 5.49. The average molecular weight is 370 g/mol. The van der Waals surface area contributed by atoms with Crippen molar-refractivity contribution in [3.05, 3.63) is 60.2 Å². The van der Waals surface area contributed by atoms with E-state index in [1.807, 2.05) is 31.2 Å². The summed E-state index contributed by atoms with van der Waals surface area (Å²) in [6, 6.07) is 18.9. The Bertz CT molecular complexity index is 684. The van der Waals surface area contributed by atoms with E-state index in [1.54, 1.807) is 0 Å². The van der Waals surface area contributed by atoms with Crippen molar-refractivity contribution in [3.8, 4) is 5.75 Å². The normalized spacial score (nSPS) is 15.4. The van der Waals surface area contributed by atoms with Gasteiger partial charge in [-0.3, -0.25) is 4.90 Å². The maximum Gasteiger partial charge on any atom is 0.170 e. The summed E-state index contributed by atoms with van der Waals surface area (Å²) in [5.41, 5.74) is 2.30. The first-order valence-corrected chi connectivity index (χ1v) is 9.74. The van der Waals surface area contributed by atoms with Crippen molar-refractivity contribution in [3.63, 3.8) is 0 Å². The van der Waals surface area contributed by atoms with E-state index in [0.717, 1.165) is 31.1 Å². The monoisotopic (exact) mass is 369 g/mol. The number of benzene rings is 2. The minimum absolute atomic E-state index is 0.346. The molecule has 1 heterocycles. The first kappa shape index (κ1) is 18.7. The highest BCUT2D eigenvalue weighted by atomic mass is 32.1. The van der Waals surface area contributed by atoms with Crippen molar-refractivity contribution < 1.29 is 4.74 Å². The molecule has 0 unspecified atom stereocenters. The molecule has 138 valence electrons. The molecule has 1 fully saturated rings. The molecule has 26 heavy (non-hydrogen) atoms. The molecular formula is C21H27N3OS. The Hall–Kier alpha value is -2.11. The predicted octanol–water partition coefficient (Wildman–Crippen LogP) is 4.21. The fraction of sp³-hybridized carbons (Fsp3) is 0.381. The molecule has 1 atom stereocenters. The molecule has 0 saturated carbocycles. The molecule has 0 aromatic heterocycles. The van der Waals surface area contributed by atoms with Gasteiger partial charge >= 0.3 is 0 Å². The second kappa shape index (κ2) is 9.55. The SMILES string of the molecule is CCOc1ccc(NC(=S)NC[C@@H](c2ccccc2)N2CCCC2)cc1. The lowest BCUT2D eigenvalue weighted by atomic mass is 10.1. The number of hydrogen-bond donors (Lipinski definition) is 2. The topological polar surface area (TPSA) is 36.5 Å². The zero-order valence-electron chi connectivity index (χ0n) is 15.3. The summed E-state index contributed by atoms with van der Waals surface area (Å²) in [5.74, 6) is 0.870. The summed E-state index contributed by atoms with van der Waals surface area (Å²) in [5, 5.41) is 7.30. The van der Waals surface area contributed by atoms with Crippen LogP contribution in [0.5, 0.6) is 5.75 Å². The van der Waals surface area contributed by atoms with Crippen molar-refractivity contribution >= 4 is 23.0 Å². The van der Waals surface area contributed by atoms with E-state index in [9.17, 15) is 0 Å². The van der Waals surface area contributed by atoms with Gasteiger partial charge in [-0.25, -0.2) is 0 Å². The van der Waals surface area contributed by atoms with E-state index in [4.69, 9.17) is 17.0 Å². The van der Waals surface area contributed by atoms with Crippen molar-refractivity contribution in [1.29, 1.82) is 0 Å². The number of rotatable bonds is 7. The van der Waals surface area contributed by atoms with Gasteiger partial charge in [-0.2, -0.15) is 0 Å². The number of anilines is 1. The van der Waals surface area contributed by atoms with Crippen LogP contribution in [0.1, 0.15) is 31.4 Å². The van der Waals surface area contributed by atoms with Crippen molar-refractivity contribution in [2.75, 3.05) is 31.6 Å². The number of nitrogens with one attached hydrogen (secondary N) is 2. The third-order valence-electron chi connectivity index (χ3n) is 4.64. The predicted molar refractivity (Wildman–Crippen MR) is 112 cm³/mol. The zero-order valence-corrected chi connectivity index (χ0v) is 16.1. The van der Waals surface area contributed by atoms with Crippen molar-refractivity contribution in [2.45, 2.75) is 25.8 Å². The Kier molecular flexibility index (Phi) is 6.86. The van der Waals surface area contributed by atoms with Gasteiger partial charge in [-0.05, 0) is 74.9 Å². The van der Waals surface area contributed by atoms with Crippen LogP contribution in [0.2, 0.25) is 0 Å².